The summed E-state index contributed by atoms with van der Waals surface area (Å²) in [6.45, 7) is 0. The van der Waals surface area contributed by atoms with E-state index in [0.29, 0.717) is 0 Å². The van der Waals surface area contributed by atoms with Gasteiger partial charge in [0, 0.05) is 21.3 Å². The summed E-state index contributed by atoms with van der Waals surface area (Å²) >= 11 is 4.08. The highest BCUT2D eigenvalue weighted by atomic mass is 32.2. The molecule has 0 nitrogen and oxygen atoms in total. The zero-order valence-electron chi connectivity index (χ0n) is 6.80. The molecule has 1 aromatic rings. The highest BCUT2D eigenvalue weighted by molar-refractivity contribution is 8.00. The average molecular weight is 194 g/mol. The van der Waals surface area contributed by atoms with Crippen molar-refractivity contribution in [1.82, 2.24) is 0 Å². The minimum absolute atomic E-state index is 1.29. The second-order valence-corrected chi connectivity index (χ2v) is 5.47. The molecule has 1 aromatic carbocycles. The summed E-state index contributed by atoms with van der Waals surface area (Å²) in [7, 11) is 0. The predicted molar refractivity (Wildman–Crippen MR) is 55.3 cm³/mol. The zero-order chi connectivity index (χ0) is 7.97. The van der Waals surface area contributed by atoms with Crippen molar-refractivity contribution < 1.29 is 0 Å². The van der Waals surface area contributed by atoms with Crippen LogP contribution in [0.15, 0.2) is 21.9 Å². The van der Waals surface area contributed by atoms with E-state index in [2.05, 4.69) is 23.9 Å². The van der Waals surface area contributed by atoms with E-state index in [-0.39, 0.29) is 0 Å². The molecular formula is C10H10S2. The van der Waals surface area contributed by atoms with Crippen LogP contribution in [0.1, 0.15) is 11.1 Å². The predicted octanol–water partition coefficient (Wildman–Crippen LogP) is 2.98. The Morgan fingerprint density at radius 1 is 1.00 bits per heavy atom. The van der Waals surface area contributed by atoms with Crippen LogP contribution in [0.4, 0.5) is 0 Å². The topological polar surface area (TPSA) is 0 Å². The van der Waals surface area contributed by atoms with Crippen molar-refractivity contribution in [3.8, 4) is 0 Å². The van der Waals surface area contributed by atoms with Gasteiger partial charge in [0.15, 0.2) is 0 Å². The summed E-state index contributed by atoms with van der Waals surface area (Å²) in [5, 5.41) is 0. The standard InChI is InChI=1S/C10H10S2/c1-2-9-8(4-6-11-9)10-7(1)3-5-12-10/h1-2H,3-6H2. The van der Waals surface area contributed by atoms with Gasteiger partial charge in [0.2, 0.25) is 0 Å². The maximum atomic E-state index is 2.33. The second-order valence-electron chi connectivity index (χ2n) is 3.23. The monoisotopic (exact) mass is 194 g/mol. The average Bonchev–Trinajstić information content (AvgIpc) is 2.71. The van der Waals surface area contributed by atoms with Gasteiger partial charge in [-0.15, -0.1) is 23.5 Å². The van der Waals surface area contributed by atoms with Crippen LogP contribution < -0.4 is 0 Å². The molecule has 0 bridgehead atoms. The molecular weight excluding hydrogens is 184 g/mol. The lowest BCUT2D eigenvalue weighted by molar-refractivity contribution is 1.03. The lowest BCUT2D eigenvalue weighted by atomic mass is 10.1. The first-order valence-corrected chi connectivity index (χ1v) is 6.32. The largest absolute Gasteiger partial charge is 0.125 e. The number of benzene rings is 1. The highest BCUT2D eigenvalue weighted by Gasteiger charge is 2.21. The second kappa shape index (κ2) is 2.71. The molecule has 0 N–H and O–H groups in total. The highest BCUT2D eigenvalue weighted by Crippen LogP contribution is 2.42. The molecule has 2 aliphatic rings. The van der Waals surface area contributed by atoms with Gasteiger partial charge >= 0.3 is 0 Å². The fourth-order valence-electron chi connectivity index (χ4n) is 1.93. The molecule has 12 heavy (non-hydrogen) atoms. The molecule has 0 aliphatic carbocycles. The molecule has 0 aromatic heterocycles. The Morgan fingerprint density at radius 2 is 1.92 bits per heavy atom. The number of rotatable bonds is 0. The number of fused-ring (bicyclic) bond motifs is 3. The van der Waals surface area contributed by atoms with Crippen LogP contribution in [-0.4, -0.2) is 11.5 Å². The molecule has 0 spiro atoms. The third kappa shape index (κ3) is 0.944. The van der Waals surface area contributed by atoms with E-state index in [1.165, 1.54) is 24.3 Å². The van der Waals surface area contributed by atoms with Crippen molar-refractivity contribution in [3.63, 3.8) is 0 Å². The Morgan fingerprint density at radius 3 is 2.92 bits per heavy atom. The van der Waals surface area contributed by atoms with Gasteiger partial charge in [-0.05, 0) is 30.0 Å². The van der Waals surface area contributed by atoms with Crippen LogP contribution >= 0.6 is 23.5 Å². The molecule has 0 unspecified atom stereocenters. The van der Waals surface area contributed by atoms with Crippen LogP contribution in [0, 0.1) is 0 Å². The van der Waals surface area contributed by atoms with Crippen LogP contribution in [0.2, 0.25) is 0 Å². The normalized spacial score (nSPS) is 19.3. The van der Waals surface area contributed by atoms with Crippen molar-refractivity contribution in [1.29, 1.82) is 0 Å². The molecule has 2 heteroatoms. The number of aryl methyl sites for hydroxylation is 1. The van der Waals surface area contributed by atoms with Gasteiger partial charge in [-0.2, -0.15) is 0 Å². The van der Waals surface area contributed by atoms with E-state index in [1.807, 2.05) is 11.8 Å². The maximum absolute atomic E-state index is 2.33. The number of hydrogen-bond acceptors (Lipinski definition) is 2. The molecule has 0 amide bonds. The van der Waals surface area contributed by atoms with Crippen molar-refractivity contribution in [2.45, 2.75) is 22.6 Å². The molecule has 2 aliphatic heterocycles. The van der Waals surface area contributed by atoms with Gasteiger partial charge in [0.1, 0.15) is 0 Å². The Bertz CT molecular complexity index is 298. The smallest absolute Gasteiger partial charge is 0.0148 e. The minimum atomic E-state index is 1.29. The molecule has 0 fully saturated rings. The summed E-state index contributed by atoms with van der Waals surface area (Å²) in [5.41, 5.74) is 3.25. The summed E-state index contributed by atoms with van der Waals surface area (Å²) in [6, 6.07) is 4.64. The first kappa shape index (κ1) is 7.34. The Kier molecular flexibility index (Phi) is 1.66. The fraction of sp³-hybridized carbons (Fsp3) is 0.400. The summed E-state index contributed by atoms with van der Waals surface area (Å²) in [6.07, 6.45) is 2.59. The molecule has 2 heterocycles. The summed E-state index contributed by atoms with van der Waals surface area (Å²) in [5.74, 6) is 2.60. The van der Waals surface area contributed by atoms with Gasteiger partial charge in [-0.1, -0.05) is 6.07 Å². The molecule has 0 saturated carbocycles. The molecule has 0 saturated heterocycles. The Hall–Kier alpha value is -0.0800. The van der Waals surface area contributed by atoms with E-state index in [9.17, 15) is 0 Å². The van der Waals surface area contributed by atoms with Crippen LogP contribution in [0.5, 0.6) is 0 Å². The minimum Gasteiger partial charge on any atom is -0.125 e. The van der Waals surface area contributed by atoms with Gasteiger partial charge in [0.05, 0.1) is 0 Å². The number of hydrogen-bond donors (Lipinski definition) is 0. The van der Waals surface area contributed by atoms with Gasteiger partial charge in [-0.25, -0.2) is 0 Å². The summed E-state index contributed by atoms with van der Waals surface area (Å²) in [4.78, 5) is 3.17. The third-order valence-corrected chi connectivity index (χ3v) is 4.83. The molecule has 0 radical (unpaired) electrons. The van der Waals surface area contributed by atoms with Gasteiger partial charge < -0.3 is 0 Å². The third-order valence-electron chi connectivity index (χ3n) is 2.53. The summed E-state index contributed by atoms with van der Waals surface area (Å²) < 4.78 is 0. The number of thioether (sulfide) groups is 2. The van der Waals surface area contributed by atoms with E-state index in [4.69, 9.17) is 0 Å². The van der Waals surface area contributed by atoms with Crippen LogP contribution in [0.25, 0.3) is 0 Å². The van der Waals surface area contributed by atoms with E-state index >= 15 is 0 Å². The van der Waals surface area contributed by atoms with Crippen LogP contribution in [-0.2, 0) is 12.8 Å². The molecule has 0 atom stereocenters. The fourth-order valence-corrected chi connectivity index (χ4v) is 4.33. The zero-order valence-corrected chi connectivity index (χ0v) is 8.43. The lowest BCUT2D eigenvalue weighted by Crippen LogP contribution is -1.87. The van der Waals surface area contributed by atoms with Gasteiger partial charge in [-0.3, -0.25) is 0 Å². The van der Waals surface area contributed by atoms with Crippen molar-refractivity contribution in [2.24, 2.45) is 0 Å². The maximum Gasteiger partial charge on any atom is 0.0148 e. The van der Waals surface area contributed by atoms with E-state index in [0.717, 1.165) is 0 Å². The lowest BCUT2D eigenvalue weighted by Gasteiger charge is -2.04. The first-order chi connectivity index (χ1) is 5.95. The molecule has 62 valence electrons. The SMILES string of the molecule is c1cc2c(c3c1CCS3)CCS2. The van der Waals surface area contributed by atoms with Crippen molar-refractivity contribution in [2.75, 3.05) is 11.5 Å². The van der Waals surface area contributed by atoms with Crippen LogP contribution in [0.3, 0.4) is 0 Å². The van der Waals surface area contributed by atoms with Gasteiger partial charge in [0.25, 0.3) is 0 Å². The van der Waals surface area contributed by atoms with Crippen molar-refractivity contribution >= 4 is 23.5 Å². The Labute approximate surface area is 81.1 Å². The first-order valence-electron chi connectivity index (χ1n) is 4.35. The molecule has 3 rings (SSSR count). The van der Waals surface area contributed by atoms with E-state index in [1.54, 1.807) is 20.9 Å². The quantitative estimate of drug-likeness (QED) is 0.622. The Balaban J connectivity index is 2.24. The van der Waals surface area contributed by atoms with Crippen molar-refractivity contribution in [3.05, 3.63) is 23.3 Å². The van der Waals surface area contributed by atoms with E-state index < -0.39 is 0 Å².